The molecular formula is C21H15FN4O2S. The van der Waals surface area contributed by atoms with Gasteiger partial charge >= 0.3 is 0 Å². The molecule has 0 spiro atoms. The highest BCUT2D eigenvalue weighted by atomic mass is 32.1. The number of thiazole rings is 1. The summed E-state index contributed by atoms with van der Waals surface area (Å²) in [7, 11) is 0. The maximum absolute atomic E-state index is 13.4. The van der Waals surface area contributed by atoms with Gasteiger partial charge in [-0.1, -0.05) is 42.5 Å². The Bertz CT molecular complexity index is 1220. The van der Waals surface area contributed by atoms with Gasteiger partial charge in [-0.05, 0) is 23.8 Å². The highest BCUT2D eigenvalue weighted by molar-refractivity contribution is 7.14. The topological polar surface area (TPSA) is 76.9 Å². The van der Waals surface area contributed by atoms with Gasteiger partial charge in [0.25, 0.3) is 11.5 Å². The average molecular weight is 406 g/mol. The summed E-state index contributed by atoms with van der Waals surface area (Å²) in [5.74, 6) is -0.835. The smallest absolute Gasteiger partial charge is 0.277 e. The van der Waals surface area contributed by atoms with E-state index in [2.05, 4.69) is 15.4 Å². The standard InChI is InChI=1S/C21H15FN4O2S/c22-16-8-4-7-15(11-16)18-13-29-21(23-18)24-20(28)17-9-10-19(27)26(25-17)12-14-5-2-1-3-6-14/h1-11,13H,12H2,(H,23,24,28). The molecule has 0 aliphatic carbocycles. The van der Waals surface area contributed by atoms with Crippen LogP contribution in [0.5, 0.6) is 0 Å². The largest absolute Gasteiger partial charge is 0.296 e. The molecule has 0 radical (unpaired) electrons. The van der Waals surface area contributed by atoms with Crippen molar-refractivity contribution in [1.29, 1.82) is 0 Å². The third-order valence-electron chi connectivity index (χ3n) is 4.12. The lowest BCUT2D eigenvalue weighted by Gasteiger charge is -2.07. The van der Waals surface area contributed by atoms with Crippen molar-refractivity contribution in [3.05, 3.63) is 99.5 Å². The molecule has 0 saturated heterocycles. The van der Waals surface area contributed by atoms with Crippen LogP contribution in [0.4, 0.5) is 9.52 Å². The van der Waals surface area contributed by atoms with Gasteiger partial charge < -0.3 is 0 Å². The van der Waals surface area contributed by atoms with E-state index in [1.54, 1.807) is 17.5 Å². The van der Waals surface area contributed by atoms with Gasteiger partial charge in [0.05, 0.1) is 12.2 Å². The van der Waals surface area contributed by atoms with Gasteiger partial charge in [-0.2, -0.15) is 5.10 Å². The second kappa shape index (κ2) is 8.15. The van der Waals surface area contributed by atoms with Crippen LogP contribution in [-0.4, -0.2) is 20.7 Å². The lowest BCUT2D eigenvalue weighted by Crippen LogP contribution is -2.26. The monoisotopic (exact) mass is 406 g/mol. The first-order chi connectivity index (χ1) is 14.1. The van der Waals surface area contributed by atoms with E-state index < -0.39 is 5.91 Å². The second-order valence-corrected chi connectivity index (χ2v) is 7.06. The molecule has 8 heteroatoms. The maximum Gasteiger partial charge on any atom is 0.277 e. The molecular weight excluding hydrogens is 391 g/mol. The van der Waals surface area contributed by atoms with Crippen LogP contribution in [0.25, 0.3) is 11.3 Å². The van der Waals surface area contributed by atoms with E-state index in [4.69, 9.17) is 0 Å². The predicted molar refractivity (Wildman–Crippen MR) is 110 cm³/mol. The van der Waals surface area contributed by atoms with Crippen LogP contribution in [0.2, 0.25) is 0 Å². The summed E-state index contributed by atoms with van der Waals surface area (Å²) >= 11 is 1.22. The van der Waals surface area contributed by atoms with Crippen molar-refractivity contribution in [1.82, 2.24) is 14.8 Å². The highest BCUT2D eigenvalue weighted by Crippen LogP contribution is 2.25. The van der Waals surface area contributed by atoms with E-state index in [-0.39, 0.29) is 23.6 Å². The first-order valence-electron chi connectivity index (χ1n) is 8.73. The van der Waals surface area contributed by atoms with Crippen LogP contribution in [0.1, 0.15) is 16.1 Å². The van der Waals surface area contributed by atoms with Crippen molar-refractivity contribution < 1.29 is 9.18 Å². The minimum absolute atomic E-state index is 0.100. The molecule has 1 N–H and O–H groups in total. The van der Waals surface area contributed by atoms with Gasteiger partial charge in [0.2, 0.25) is 0 Å². The number of carbonyl (C=O) groups excluding carboxylic acids is 1. The van der Waals surface area contributed by atoms with E-state index in [1.807, 2.05) is 30.3 Å². The van der Waals surface area contributed by atoms with Gasteiger partial charge in [-0.3, -0.25) is 14.9 Å². The van der Waals surface area contributed by atoms with Gasteiger partial charge in [0.15, 0.2) is 5.13 Å². The van der Waals surface area contributed by atoms with E-state index in [0.29, 0.717) is 16.4 Å². The Labute approximate surface area is 169 Å². The Morgan fingerprint density at radius 1 is 1.07 bits per heavy atom. The first kappa shape index (κ1) is 18.7. The summed E-state index contributed by atoms with van der Waals surface area (Å²) in [4.78, 5) is 28.9. The summed E-state index contributed by atoms with van der Waals surface area (Å²) in [5, 5.41) is 8.92. The molecule has 144 valence electrons. The molecule has 0 saturated carbocycles. The van der Waals surface area contributed by atoms with Crippen molar-refractivity contribution in [2.24, 2.45) is 0 Å². The summed E-state index contributed by atoms with van der Waals surface area (Å²) in [6, 6.07) is 18.1. The molecule has 0 bridgehead atoms. The van der Waals surface area contributed by atoms with Gasteiger partial charge in [0, 0.05) is 17.0 Å². The summed E-state index contributed by atoms with van der Waals surface area (Å²) in [5.41, 5.74) is 1.89. The third kappa shape index (κ3) is 4.44. The van der Waals surface area contributed by atoms with E-state index in [9.17, 15) is 14.0 Å². The number of carbonyl (C=O) groups is 1. The summed E-state index contributed by atoms with van der Waals surface area (Å²) in [6.07, 6.45) is 0. The number of nitrogens with one attached hydrogen (secondary N) is 1. The summed E-state index contributed by atoms with van der Waals surface area (Å²) < 4.78 is 14.6. The molecule has 0 atom stereocenters. The number of amides is 1. The predicted octanol–water partition coefficient (Wildman–Crippen LogP) is 3.81. The molecule has 4 rings (SSSR count). The number of hydrogen-bond acceptors (Lipinski definition) is 5. The minimum atomic E-state index is -0.480. The molecule has 2 aromatic heterocycles. The Kier molecular flexibility index (Phi) is 5.26. The van der Waals surface area contributed by atoms with Crippen LogP contribution in [0.15, 0.2) is 76.9 Å². The highest BCUT2D eigenvalue weighted by Gasteiger charge is 2.13. The van der Waals surface area contributed by atoms with Crippen LogP contribution < -0.4 is 10.9 Å². The number of rotatable bonds is 5. The van der Waals surface area contributed by atoms with Crippen molar-refractivity contribution in [2.45, 2.75) is 6.54 Å². The van der Waals surface area contributed by atoms with Crippen LogP contribution in [0, 0.1) is 5.82 Å². The van der Waals surface area contributed by atoms with E-state index in [0.717, 1.165) is 5.56 Å². The van der Waals surface area contributed by atoms with Crippen molar-refractivity contribution in [3.63, 3.8) is 0 Å². The van der Waals surface area contributed by atoms with Crippen LogP contribution in [0.3, 0.4) is 0 Å². The lowest BCUT2D eigenvalue weighted by molar-refractivity contribution is 0.102. The van der Waals surface area contributed by atoms with Gasteiger partial charge in [-0.15, -0.1) is 11.3 Å². The molecule has 0 fully saturated rings. The molecule has 0 unspecified atom stereocenters. The first-order valence-corrected chi connectivity index (χ1v) is 9.61. The van der Waals surface area contributed by atoms with Gasteiger partial charge in [-0.25, -0.2) is 14.1 Å². The molecule has 29 heavy (non-hydrogen) atoms. The Hall–Kier alpha value is -3.65. The molecule has 0 aliphatic heterocycles. The molecule has 2 aromatic carbocycles. The fraction of sp³-hybridized carbons (Fsp3) is 0.0476. The summed E-state index contributed by atoms with van der Waals surface area (Å²) in [6.45, 7) is 0.266. The van der Waals surface area contributed by atoms with Crippen molar-refractivity contribution >= 4 is 22.4 Å². The maximum atomic E-state index is 13.4. The fourth-order valence-corrected chi connectivity index (χ4v) is 3.43. The normalized spacial score (nSPS) is 10.7. The number of benzene rings is 2. The van der Waals surface area contributed by atoms with Crippen LogP contribution in [-0.2, 0) is 6.54 Å². The fourth-order valence-electron chi connectivity index (χ4n) is 2.71. The molecule has 4 aromatic rings. The Morgan fingerprint density at radius 3 is 2.69 bits per heavy atom. The van der Waals surface area contributed by atoms with Crippen molar-refractivity contribution in [2.75, 3.05) is 5.32 Å². The van der Waals surface area contributed by atoms with E-state index >= 15 is 0 Å². The zero-order valence-electron chi connectivity index (χ0n) is 15.1. The molecule has 0 aliphatic rings. The number of aromatic nitrogens is 3. The lowest BCUT2D eigenvalue weighted by atomic mass is 10.2. The molecule has 2 heterocycles. The molecule has 6 nitrogen and oxygen atoms in total. The number of hydrogen-bond donors (Lipinski definition) is 1. The van der Waals surface area contributed by atoms with Crippen molar-refractivity contribution in [3.8, 4) is 11.3 Å². The average Bonchev–Trinajstić information content (AvgIpc) is 3.19. The van der Waals surface area contributed by atoms with Crippen LogP contribution >= 0.6 is 11.3 Å². The number of nitrogens with zero attached hydrogens (tertiary/aromatic N) is 3. The number of anilines is 1. The van der Waals surface area contributed by atoms with E-state index in [1.165, 1.54) is 40.3 Å². The molecule has 1 amide bonds. The zero-order chi connectivity index (χ0) is 20.2. The Balaban J connectivity index is 1.52. The van der Waals surface area contributed by atoms with Gasteiger partial charge in [0.1, 0.15) is 11.5 Å². The second-order valence-electron chi connectivity index (χ2n) is 6.20. The zero-order valence-corrected chi connectivity index (χ0v) is 15.9. The third-order valence-corrected chi connectivity index (χ3v) is 4.88. The Morgan fingerprint density at radius 2 is 1.90 bits per heavy atom. The quantitative estimate of drug-likeness (QED) is 0.547. The number of halogens is 1. The SMILES string of the molecule is O=C(Nc1nc(-c2cccc(F)c2)cs1)c1ccc(=O)n(Cc2ccccc2)n1. The minimum Gasteiger partial charge on any atom is -0.296 e.